The summed E-state index contributed by atoms with van der Waals surface area (Å²) in [7, 11) is 0. The maximum atomic E-state index is 12.7. The maximum Gasteiger partial charge on any atom is 0.416 e. The summed E-state index contributed by atoms with van der Waals surface area (Å²) in [6.07, 6.45) is -0.720. The van der Waals surface area contributed by atoms with Crippen LogP contribution in [0.4, 0.5) is 13.2 Å². The number of benzene rings is 2. The highest BCUT2D eigenvalue weighted by atomic mass is 19.4. The summed E-state index contributed by atoms with van der Waals surface area (Å²) in [4.78, 5) is 12.1. The van der Waals surface area contributed by atoms with Crippen LogP contribution in [-0.4, -0.2) is 12.4 Å². The van der Waals surface area contributed by atoms with E-state index in [1.54, 1.807) is 24.3 Å². The highest BCUT2D eigenvalue weighted by Gasteiger charge is 2.30. The molecule has 0 aliphatic heterocycles. The first-order valence-electron chi connectivity index (χ1n) is 7.89. The van der Waals surface area contributed by atoms with Crippen LogP contribution in [0.1, 0.15) is 34.3 Å². The van der Waals surface area contributed by atoms with Gasteiger partial charge in [0.1, 0.15) is 5.75 Å². The molecule has 3 nitrogen and oxygen atoms in total. The average Bonchev–Trinajstić information content (AvgIpc) is 2.63. The number of carbonyl (C=O) groups is 1. The quantitative estimate of drug-likeness (QED) is 0.384. The molecule has 0 N–H and O–H groups in total. The number of hydrogen-bond acceptors (Lipinski definition) is 3. The van der Waals surface area contributed by atoms with E-state index in [-0.39, 0.29) is 5.56 Å². The Labute approximate surface area is 149 Å². The van der Waals surface area contributed by atoms with Gasteiger partial charge >= 0.3 is 6.18 Å². The third-order valence-electron chi connectivity index (χ3n) is 3.46. The van der Waals surface area contributed by atoms with Gasteiger partial charge in [0.05, 0.1) is 18.2 Å². The van der Waals surface area contributed by atoms with Crippen molar-refractivity contribution < 1.29 is 22.7 Å². The summed E-state index contributed by atoms with van der Waals surface area (Å²) in [5, 5.41) is 8.48. The molecule has 0 aliphatic rings. The van der Waals surface area contributed by atoms with E-state index in [0.29, 0.717) is 30.8 Å². The minimum atomic E-state index is -4.49. The van der Waals surface area contributed by atoms with Crippen molar-refractivity contribution in [2.75, 3.05) is 6.61 Å². The van der Waals surface area contributed by atoms with Crippen LogP contribution in [-0.2, 0) is 6.18 Å². The van der Waals surface area contributed by atoms with E-state index >= 15 is 0 Å². The van der Waals surface area contributed by atoms with E-state index in [2.05, 4.69) is 0 Å². The summed E-state index contributed by atoms with van der Waals surface area (Å²) in [6.45, 7) is 0.407. The zero-order valence-corrected chi connectivity index (χ0v) is 13.8. The molecule has 0 spiro atoms. The Bertz CT molecular complexity index is 835. The second-order valence-corrected chi connectivity index (χ2v) is 5.46. The minimum absolute atomic E-state index is 0.0278. The van der Waals surface area contributed by atoms with Crippen LogP contribution < -0.4 is 4.74 Å². The number of ether oxygens (including phenoxy) is 1. The van der Waals surface area contributed by atoms with Gasteiger partial charge in [-0.15, -0.1) is 0 Å². The van der Waals surface area contributed by atoms with Gasteiger partial charge in [-0.2, -0.15) is 18.4 Å². The van der Waals surface area contributed by atoms with Gasteiger partial charge in [0.15, 0.2) is 5.78 Å². The lowest BCUT2D eigenvalue weighted by Gasteiger charge is -2.07. The topological polar surface area (TPSA) is 50.1 Å². The van der Waals surface area contributed by atoms with Crippen LogP contribution in [0.5, 0.6) is 5.75 Å². The first-order valence-corrected chi connectivity index (χ1v) is 7.89. The van der Waals surface area contributed by atoms with Gasteiger partial charge < -0.3 is 4.74 Å². The van der Waals surface area contributed by atoms with Crippen LogP contribution in [0, 0.1) is 11.3 Å². The summed E-state index contributed by atoms with van der Waals surface area (Å²) >= 11 is 0. The number of carbonyl (C=O) groups excluding carboxylic acids is 1. The second kappa shape index (κ2) is 8.86. The molecule has 0 heterocycles. The summed E-state index contributed by atoms with van der Waals surface area (Å²) < 4.78 is 43.6. The van der Waals surface area contributed by atoms with Gasteiger partial charge in [0.25, 0.3) is 0 Å². The molecule has 2 rings (SSSR count). The lowest BCUT2D eigenvalue weighted by molar-refractivity contribution is -0.137. The molecule has 0 unspecified atom stereocenters. The number of unbranched alkanes of at least 4 members (excludes halogenated alkanes) is 1. The van der Waals surface area contributed by atoms with E-state index in [1.165, 1.54) is 24.3 Å². The number of rotatable bonds is 7. The van der Waals surface area contributed by atoms with E-state index in [0.717, 1.165) is 12.1 Å². The Balaban J connectivity index is 2.05. The molecule has 0 bridgehead atoms. The molecule has 0 atom stereocenters. The maximum absolute atomic E-state index is 12.7. The van der Waals surface area contributed by atoms with Crippen molar-refractivity contribution in [3.05, 3.63) is 71.3 Å². The van der Waals surface area contributed by atoms with Gasteiger partial charge in [-0.25, -0.2) is 0 Å². The monoisotopic (exact) mass is 359 g/mol. The fraction of sp³-hybridized carbons (Fsp3) is 0.200. The average molecular weight is 359 g/mol. The Morgan fingerprint density at radius 3 is 2.65 bits per heavy atom. The van der Waals surface area contributed by atoms with Crippen molar-refractivity contribution in [2.24, 2.45) is 0 Å². The Morgan fingerprint density at radius 2 is 1.92 bits per heavy atom. The van der Waals surface area contributed by atoms with Gasteiger partial charge in [0, 0.05) is 12.0 Å². The van der Waals surface area contributed by atoms with Crippen molar-refractivity contribution in [1.82, 2.24) is 0 Å². The molecule has 0 fully saturated rings. The standard InChI is InChI=1S/C20H16F3NO2/c21-20(22,23)17-7-4-6-16(14-17)19(25)10-9-15-5-3-8-18(13-15)26-12-2-1-11-24/h3-10,13-14H,1-2,12H2/b10-9+. The van der Waals surface area contributed by atoms with Crippen LogP contribution >= 0.6 is 0 Å². The van der Waals surface area contributed by atoms with Crippen LogP contribution in [0.15, 0.2) is 54.6 Å². The first-order chi connectivity index (χ1) is 12.4. The highest BCUT2D eigenvalue weighted by molar-refractivity contribution is 6.06. The largest absolute Gasteiger partial charge is 0.494 e. The van der Waals surface area contributed by atoms with E-state index in [1.807, 2.05) is 6.07 Å². The van der Waals surface area contributed by atoms with Crippen molar-refractivity contribution in [3.63, 3.8) is 0 Å². The zero-order chi connectivity index (χ0) is 19.0. The van der Waals surface area contributed by atoms with Crippen LogP contribution in [0.25, 0.3) is 6.08 Å². The number of allylic oxidation sites excluding steroid dienone is 1. The molecular weight excluding hydrogens is 343 g/mol. The highest BCUT2D eigenvalue weighted by Crippen LogP contribution is 2.29. The smallest absolute Gasteiger partial charge is 0.416 e. The van der Waals surface area contributed by atoms with Gasteiger partial charge in [-0.05, 0) is 42.3 Å². The molecule has 2 aromatic rings. The predicted molar refractivity (Wildman–Crippen MR) is 91.6 cm³/mol. The number of hydrogen-bond donors (Lipinski definition) is 0. The van der Waals surface area contributed by atoms with E-state index in [4.69, 9.17) is 10.00 Å². The fourth-order valence-corrected chi connectivity index (χ4v) is 2.17. The lowest BCUT2D eigenvalue weighted by atomic mass is 10.1. The zero-order valence-electron chi connectivity index (χ0n) is 13.8. The molecular formula is C20H16F3NO2. The number of nitriles is 1. The summed E-state index contributed by atoms with van der Waals surface area (Å²) in [5.41, 5.74) is -0.201. The molecule has 6 heteroatoms. The van der Waals surface area contributed by atoms with Gasteiger partial charge in [-0.3, -0.25) is 4.79 Å². The third kappa shape index (κ3) is 5.78. The van der Waals surface area contributed by atoms with Crippen molar-refractivity contribution >= 4 is 11.9 Å². The predicted octanol–water partition coefficient (Wildman–Crippen LogP) is 5.28. The van der Waals surface area contributed by atoms with Crippen LogP contribution in [0.2, 0.25) is 0 Å². The first kappa shape index (κ1) is 19.3. The Kier molecular flexibility index (Phi) is 6.56. The Morgan fingerprint density at radius 1 is 1.15 bits per heavy atom. The number of alkyl halides is 3. The Hall–Kier alpha value is -3.07. The van der Waals surface area contributed by atoms with Crippen LogP contribution in [0.3, 0.4) is 0 Å². The van der Waals surface area contributed by atoms with Gasteiger partial charge in [0.2, 0.25) is 0 Å². The van der Waals surface area contributed by atoms with E-state index in [9.17, 15) is 18.0 Å². The number of nitrogens with zero attached hydrogens (tertiary/aromatic N) is 1. The van der Waals surface area contributed by atoms with Crippen molar-refractivity contribution in [3.8, 4) is 11.8 Å². The fourth-order valence-electron chi connectivity index (χ4n) is 2.17. The molecule has 0 saturated heterocycles. The lowest BCUT2D eigenvalue weighted by Crippen LogP contribution is -2.06. The summed E-state index contributed by atoms with van der Waals surface area (Å²) in [5.74, 6) is 0.0769. The molecule has 0 aromatic heterocycles. The summed E-state index contributed by atoms with van der Waals surface area (Å²) in [6, 6.07) is 13.3. The molecule has 0 radical (unpaired) electrons. The normalized spacial score (nSPS) is 11.3. The SMILES string of the molecule is N#CCCCOc1cccc(/C=C/C(=O)c2cccc(C(F)(F)F)c2)c1. The number of ketones is 1. The molecule has 0 amide bonds. The third-order valence-corrected chi connectivity index (χ3v) is 3.46. The second-order valence-electron chi connectivity index (χ2n) is 5.46. The minimum Gasteiger partial charge on any atom is -0.494 e. The molecule has 134 valence electrons. The number of halogens is 3. The van der Waals surface area contributed by atoms with E-state index < -0.39 is 17.5 Å². The molecule has 2 aromatic carbocycles. The molecule has 0 aliphatic carbocycles. The van der Waals surface area contributed by atoms with Crippen molar-refractivity contribution in [1.29, 1.82) is 5.26 Å². The van der Waals surface area contributed by atoms with Crippen molar-refractivity contribution in [2.45, 2.75) is 19.0 Å². The van der Waals surface area contributed by atoms with Gasteiger partial charge in [-0.1, -0.05) is 30.3 Å². The molecule has 0 saturated carbocycles. The molecule has 26 heavy (non-hydrogen) atoms.